The van der Waals surface area contributed by atoms with Gasteiger partial charge in [-0.05, 0) is 30.3 Å². The van der Waals surface area contributed by atoms with Crippen molar-refractivity contribution in [2.24, 2.45) is 5.92 Å². The molecule has 5 nitrogen and oxygen atoms in total. The summed E-state index contributed by atoms with van der Waals surface area (Å²) in [4.78, 5) is 15.9. The fourth-order valence-electron chi connectivity index (χ4n) is 1.74. The molecule has 0 fully saturated rings. The van der Waals surface area contributed by atoms with Gasteiger partial charge in [-0.1, -0.05) is 25.4 Å². The number of aromatic nitrogens is 1. The number of methoxy groups -OCH3 is 1. The summed E-state index contributed by atoms with van der Waals surface area (Å²) in [5.41, 5.74) is 1.38. The van der Waals surface area contributed by atoms with Crippen LogP contribution in [0, 0.1) is 5.92 Å². The molecule has 0 aliphatic carbocycles. The van der Waals surface area contributed by atoms with Crippen LogP contribution < -0.4 is 15.4 Å². The lowest BCUT2D eigenvalue weighted by molar-refractivity contribution is -0.118. The quantitative estimate of drug-likeness (QED) is 0.871. The van der Waals surface area contributed by atoms with Gasteiger partial charge in [-0.25, -0.2) is 4.98 Å². The SMILES string of the molecule is COc1ccc(Cl)cc1Nc1ccc(NC(=O)C(C)C)cn1. The zero-order valence-electron chi connectivity index (χ0n) is 12.7. The van der Waals surface area contributed by atoms with Crippen LogP contribution in [0.5, 0.6) is 5.75 Å². The summed E-state index contributed by atoms with van der Waals surface area (Å²) >= 11 is 5.99. The third kappa shape index (κ3) is 4.11. The van der Waals surface area contributed by atoms with E-state index in [2.05, 4.69) is 15.6 Å². The molecule has 116 valence electrons. The molecule has 2 aromatic rings. The molecule has 0 aliphatic heterocycles. The smallest absolute Gasteiger partial charge is 0.226 e. The lowest BCUT2D eigenvalue weighted by atomic mass is 10.2. The van der Waals surface area contributed by atoms with E-state index in [1.54, 1.807) is 43.6 Å². The number of hydrogen-bond donors (Lipinski definition) is 2. The maximum Gasteiger partial charge on any atom is 0.226 e. The third-order valence-electron chi connectivity index (χ3n) is 2.98. The summed E-state index contributed by atoms with van der Waals surface area (Å²) in [6.45, 7) is 3.67. The number of rotatable bonds is 5. The Morgan fingerprint density at radius 1 is 1.27 bits per heavy atom. The van der Waals surface area contributed by atoms with Crippen molar-refractivity contribution in [2.45, 2.75) is 13.8 Å². The Morgan fingerprint density at radius 2 is 2.05 bits per heavy atom. The van der Waals surface area contributed by atoms with E-state index in [-0.39, 0.29) is 11.8 Å². The van der Waals surface area contributed by atoms with Gasteiger partial charge in [0.1, 0.15) is 11.6 Å². The topological polar surface area (TPSA) is 63.2 Å². The highest BCUT2D eigenvalue weighted by atomic mass is 35.5. The van der Waals surface area contributed by atoms with E-state index in [0.29, 0.717) is 22.3 Å². The summed E-state index contributed by atoms with van der Waals surface area (Å²) in [6, 6.07) is 8.85. The predicted octanol–water partition coefficient (Wildman–Crippen LogP) is 4.08. The van der Waals surface area contributed by atoms with Crippen LogP contribution in [-0.2, 0) is 4.79 Å². The Labute approximate surface area is 134 Å². The van der Waals surface area contributed by atoms with Crippen molar-refractivity contribution in [3.63, 3.8) is 0 Å². The van der Waals surface area contributed by atoms with Crippen LogP contribution in [0.1, 0.15) is 13.8 Å². The van der Waals surface area contributed by atoms with Crippen LogP contribution in [0.4, 0.5) is 17.2 Å². The molecular weight excluding hydrogens is 302 g/mol. The molecule has 0 atom stereocenters. The van der Waals surface area contributed by atoms with Crippen LogP contribution >= 0.6 is 11.6 Å². The lowest BCUT2D eigenvalue weighted by Gasteiger charge is -2.12. The minimum Gasteiger partial charge on any atom is -0.495 e. The summed E-state index contributed by atoms with van der Waals surface area (Å²) in [6.07, 6.45) is 1.60. The number of anilines is 3. The molecule has 2 N–H and O–H groups in total. The fraction of sp³-hybridized carbons (Fsp3) is 0.250. The molecule has 0 unspecified atom stereocenters. The number of nitrogens with zero attached hydrogens (tertiary/aromatic N) is 1. The van der Waals surface area contributed by atoms with Crippen molar-refractivity contribution >= 4 is 34.7 Å². The van der Waals surface area contributed by atoms with Crippen LogP contribution in [0.2, 0.25) is 5.02 Å². The second-order valence-corrected chi connectivity index (χ2v) is 5.48. The Kier molecular flexibility index (Phi) is 5.22. The van der Waals surface area contributed by atoms with Gasteiger partial charge < -0.3 is 15.4 Å². The molecule has 0 spiro atoms. The van der Waals surface area contributed by atoms with E-state index in [0.717, 1.165) is 5.69 Å². The average Bonchev–Trinajstić information content (AvgIpc) is 2.49. The number of halogens is 1. The summed E-state index contributed by atoms with van der Waals surface area (Å²) in [5, 5.41) is 6.52. The molecule has 22 heavy (non-hydrogen) atoms. The van der Waals surface area contributed by atoms with Crippen molar-refractivity contribution in [1.82, 2.24) is 4.98 Å². The first-order valence-corrected chi connectivity index (χ1v) is 7.25. The van der Waals surface area contributed by atoms with Crippen molar-refractivity contribution in [3.8, 4) is 5.75 Å². The molecule has 1 amide bonds. The monoisotopic (exact) mass is 319 g/mol. The number of amides is 1. The molecular formula is C16H18ClN3O2. The largest absolute Gasteiger partial charge is 0.495 e. The molecule has 6 heteroatoms. The number of carbonyl (C=O) groups excluding carboxylic acids is 1. The number of hydrogen-bond acceptors (Lipinski definition) is 4. The van der Waals surface area contributed by atoms with Crippen LogP contribution in [0.3, 0.4) is 0 Å². The molecule has 0 radical (unpaired) electrons. The molecule has 0 bridgehead atoms. The second kappa shape index (κ2) is 7.13. The Bertz CT molecular complexity index is 657. The van der Waals surface area contributed by atoms with Gasteiger partial charge in [-0.15, -0.1) is 0 Å². The Hall–Kier alpha value is -2.27. The molecule has 1 heterocycles. The van der Waals surface area contributed by atoms with E-state index in [1.165, 1.54) is 0 Å². The van der Waals surface area contributed by atoms with Gasteiger partial charge in [0.05, 0.1) is 24.7 Å². The fourth-order valence-corrected chi connectivity index (χ4v) is 1.92. The van der Waals surface area contributed by atoms with Gasteiger partial charge in [0.25, 0.3) is 0 Å². The van der Waals surface area contributed by atoms with Crippen LogP contribution in [-0.4, -0.2) is 18.0 Å². The normalized spacial score (nSPS) is 10.4. The van der Waals surface area contributed by atoms with Crippen LogP contribution in [0.25, 0.3) is 0 Å². The van der Waals surface area contributed by atoms with E-state index in [4.69, 9.17) is 16.3 Å². The highest BCUT2D eigenvalue weighted by Gasteiger charge is 2.08. The zero-order chi connectivity index (χ0) is 16.1. The van der Waals surface area contributed by atoms with Gasteiger partial charge in [0.2, 0.25) is 5.91 Å². The predicted molar refractivity (Wildman–Crippen MR) is 89.0 cm³/mol. The molecule has 0 saturated carbocycles. The number of pyridine rings is 1. The molecule has 0 saturated heterocycles. The number of benzene rings is 1. The summed E-state index contributed by atoms with van der Waals surface area (Å²) in [5.74, 6) is 1.18. The minimum atomic E-state index is -0.0754. The minimum absolute atomic E-state index is 0.0426. The van der Waals surface area contributed by atoms with Gasteiger partial charge in [0, 0.05) is 10.9 Å². The molecule has 1 aromatic heterocycles. The average molecular weight is 320 g/mol. The molecule has 1 aromatic carbocycles. The van der Waals surface area contributed by atoms with Crippen molar-refractivity contribution < 1.29 is 9.53 Å². The van der Waals surface area contributed by atoms with Crippen molar-refractivity contribution in [3.05, 3.63) is 41.6 Å². The summed E-state index contributed by atoms with van der Waals surface area (Å²) < 4.78 is 5.27. The first kappa shape index (κ1) is 16.1. The van der Waals surface area contributed by atoms with Gasteiger partial charge >= 0.3 is 0 Å². The highest BCUT2D eigenvalue weighted by molar-refractivity contribution is 6.31. The van der Waals surface area contributed by atoms with Gasteiger partial charge in [-0.2, -0.15) is 0 Å². The Morgan fingerprint density at radius 3 is 2.64 bits per heavy atom. The zero-order valence-corrected chi connectivity index (χ0v) is 13.4. The van der Waals surface area contributed by atoms with Gasteiger partial charge in [0.15, 0.2) is 0 Å². The first-order valence-electron chi connectivity index (χ1n) is 6.87. The van der Waals surface area contributed by atoms with Gasteiger partial charge in [-0.3, -0.25) is 4.79 Å². The lowest BCUT2D eigenvalue weighted by Crippen LogP contribution is -2.17. The van der Waals surface area contributed by atoms with Crippen molar-refractivity contribution in [2.75, 3.05) is 17.7 Å². The maximum absolute atomic E-state index is 11.6. The first-order chi connectivity index (χ1) is 10.5. The molecule has 0 aliphatic rings. The number of carbonyl (C=O) groups is 1. The standard InChI is InChI=1S/C16H18ClN3O2/c1-10(2)16(21)19-12-5-7-15(18-9-12)20-13-8-11(17)4-6-14(13)22-3/h4-10H,1-3H3,(H,18,20)(H,19,21). The van der Waals surface area contributed by atoms with E-state index in [9.17, 15) is 4.79 Å². The number of nitrogens with one attached hydrogen (secondary N) is 2. The molecule has 2 rings (SSSR count). The van der Waals surface area contributed by atoms with Crippen LogP contribution in [0.15, 0.2) is 36.5 Å². The number of ether oxygens (including phenoxy) is 1. The maximum atomic E-state index is 11.6. The van der Waals surface area contributed by atoms with E-state index >= 15 is 0 Å². The van der Waals surface area contributed by atoms with E-state index < -0.39 is 0 Å². The van der Waals surface area contributed by atoms with Crippen molar-refractivity contribution in [1.29, 1.82) is 0 Å². The Balaban J connectivity index is 2.11. The summed E-state index contributed by atoms with van der Waals surface area (Å²) in [7, 11) is 1.59. The van der Waals surface area contributed by atoms with E-state index in [1.807, 2.05) is 13.8 Å². The second-order valence-electron chi connectivity index (χ2n) is 5.05. The highest BCUT2D eigenvalue weighted by Crippen LogP contribution is 2.30. The third-order valence-corrected chi connectivity index (χ3v) is 3.21.